The fourth-order valence-corrected chi connectivity index (χ4v) is 8.61. The highest BCUT2D eigenvalue weighted by Crippen LogP contribution is 2.37. The lowest BCUT2D eigenvalue weighted by molar-refractivity contribution is -0.144. The fraction of sp³-hybridized carbons (Fsp3) is 0.458. The molecule has 1 aliphatic heterocycles. The van der Waals surface area contributed by atoms with E-state index in [4.69, 9.17) is 10.5 Å². The van der Waals surface area contributed by atoms with Crippen LogP contribution in [0, 0.1) is 17.8 Å². The van der Waals surface area contributed by atoms with E-state index in [9.17, 15) is 43.5 Å². The van der Waals surface area contributed by atoms with Crippen molar-refractivity contribution >= 4 is 46.8 Å². The molecule has 5 atom stereocenters. The predicted molar refractivity (Wildman–Crippen MR) is 226 cm³/mol. The molecule has 4 N–H and O–H groups in total. The highest BCUT2D eigenvalue weighted by atomic mass is 16.5. The van der Waals surface area contributed by atoms with E-state index in [2.05, 4.69) is 5.32 Å². The number of primary amides is 1. The highest BCUT2D eigenvalue weighted by molar-refractivity contribution is 6.38. The number of carboxylic acids is 1. The zero-order chi connectivity index (χ0) is 43.9. The second-order valence-electron chi connectivity index (χ2n) is 16.3. The van der Waals surface area contributed by atoms with Crippen LogP contribution >= 0.6 is 0 Å². The summed E-state index contributed by atoms with van der Waals surface area (Å²) < 4.78 is 6.28. The summed E-state index contributed by atoms with van der Waals surface area (Å²) in [7, 11) is 0. The van der Waals surface area contributed by atoms with Gasteiger partial charge in [-0.15, -0.1) is 0 Å². The third-order valence-corrected chi connectivity index (χ3v) is 11.9. The number of nitrogens with one attached hydrogen (secondary N) is 1. The number of carbonyl (C=O) groups excluding carboxylic acids is 7. The van der Waals surface area contributed by atoms with E-state index in [1.807, 2.05) is 37.3 Å². The second-order valence-corrected chi connectivity index (χ2v) is 16.3. The third-order valence-electron chi connectivity index (χ3n) is 11.9. The summed E-state index contributed by atoms with van der Waals surface area (Å²) in [5.74, 6) is -7.51. The van der Waals surface area contributed by atoms with Gasteiger partial charge < -0.3 is 25.8 Å². The molecule has 0 spiro atoms. The van der Waals surface area contributed by atoms with Gasteiger partial charge in [0.15, 0.2) is 17.3 Å². The molecule has 0 radical (unpaired) electrons. The Balaban J connectivity index is 1.34. The van der Waals surface area contributed by atoms with Crippen molar-refractivity contribution in [3.63, 3.8) is 0 Å². The number of amides is 3. The van der Waals surface area contributed by atoms with Gasteiger partial charge in [-0.2, -0.15) is 0 Å². The normalized spacial score (nSPS) is 18.1. The minimum atomic E-state index is -1.25. The summed E-state index contributed by atoms with van der Waals surface area (Å²) in [6.45, 7) is 2.23. The molecule has 3 unspecified atom stereocenters. The average molecular weight is 836 g/mol. The molecule has 13 heteroatoms. The zero-order valence-corrected chi connectivity index (χ0v) is 34.8. The van der Waals surface area contributed by atoms with Gasteiger partial charge in [0, 0.05) is 56.0 Å². The van der Waals surface area contributed by atoms with E-state index in [1.54, 1.807) is 36.4 Å². The van der Waals surface area contributed by atoms with Gasteiger partial charge in [-0.3, -0.25) is 33.6 Å². The first kappa shape index (κ1) is 46.2. The maximum Gasteiger partial charge on any atom is 0.336 e. The van der Waals surface area contributed by atoms with Crippen molar-refractivity contribution in [2.45, 2.75) is 115 Å². The Morgan fingerprint density at radius 3 is 2.10 bits per heavy atom. The van der Waals surface area contributed by atoms with Crippen LogP contribution in [0.5, 0.6) is 0 Å². The van der Waals surface area contributed by atoms with Gasteiger partial charge in [-0.05, 0) is 42.4 Å². The van der Waals surface area contributed by atoms with E-state index >= 15 is 0 Å². The largest absolute Gasteiger partial charge is 0.478 e. The van der Waals surface area contributed by atoms with Gasteiger partial charge in [-0.1, -0.05) is 118 Å². The fourth-order valence-electron chi connectivity index (χ4n) is 8.61. The van der Waals surface area contributed by atoms with Gasteiger partial charge in [0.05, 0.1) is 24.3 Å². The van der Waals surface area contributed by atoms with Crippen LogP contribution in [0.2, 0.25) is 0 Å². The summed E-state index contributed by atoms with van der Waals surface area (Å²) in [5, 5.41) is 12.4. The number of ether oxygens (including phenoxy) is 1. The number of nitrogens with zero attached hydrogens (tertiary/aromatic N) is 1. The molecule has 0 bridgehead atoms. The molecule has 1 saturated heterocycles. The SMILES string of the molecule is CCCCC(CC(=O)[C@@H]1C[C@@H](OCc2ccccc2)CN1C(=O)C(CC(=O)c1ccccc1C(=O)O)C1CCCCC1)C(=O)C(=O)CCC(=O)NC(C(N)=O)c1ccccc1. The van der Waals surface area contributed by atoms with Crippen LogP contribution in [0.3, 0.4) is 0 Å². The first-order valence-corrected chi connectivity index (χ1v) is 21.4. The van der Waals surface area contributed by atoms with Crippen molar-refractivity contribution in [2.75, 3.05) is 6.54 Å². The van der Waals surface area contributed by atoms with Crippen LogP contribution in [-0.4, -0.2) is 75.5 Å². The smallest absolute Gasteiger partial charge is 0.336 e. The Morgan fingerprint density at radius 2 is 1.46 bits per heavy atom. The second kappa shape index (κ2) is 22.7. The Labute approximate surface area is 356 Å². The highest BCUT2D eigenvalue weighted by Gasteiger charge is 2.45. The average Bonchev–Trinajstić information content (AvgIpc) is 3.72. The van der Waals surface area contributed by atoms with Gasteiger partial charge in [0.2, 0.25) is 23.5 Å². The number of rotatable bonds is 23. The number of carboxylic acid groups (broad SMARTS) is 1. The van der Waals surface area contributed by atoms with Crippen LogP contribution in [0.1, 0.15) is 128 Å². The summed E-state index contributed by atoms with van der Waals surface area (Å²) in [6, 6.07) is 21.7. The van der Waals surface area contributed by atoms with Gasteiger partial charge in [0.25, 0.3) is 0 Å². The molecule has 3 amide bonds. The van der Waals surface area contributed by atoms with Crippen molar-refractivity contribution in [1.29, 1.82) is 0 Å². The summed E-state index contributed by atoms with van der Waals surface area (Å²) in [6.07, 6.45) is 3.87. The van der Waals surface area contributed by atoms with Crippen LogP contribution in [0.4, 0.5) is 0 Å². The molecule has 13 nitrogen and oxygen atoms in total. The molecule has 1 heterocycles. The Kier molecular flexibility index (Phi) is 17.2. The Hall–Kier alpha value is -5.82. The molecule has 2 aliphatic rings. The number of hydrogen-bond acceptors (Lipinski definition) is 9. The third kappa shape index (κ3) is 12.8. The lowest BCUT2D eigenvalue weighted by Crippen LogP contribution is -2.47. The molecule has 3 aromatic carbocycles. The number of aromatic carboxylic acids is 1. The Bertz CT molecular complexity index is 2030. The maximum absolute atomic E-state index is 14.9. The minimum Gasteiger partial charge on any atom is -0.478 e. The first-order valence-electron chi connectivity index (χ1n) is 21.4. The van der Waals surface area contributed by atoms with E-state index in [0.29, 0.717) is 31.2 Å². The topological polar surface area (TPSA) is 207 Å². The molecule has 3 aromatic rings. The minimum absolute atomic E-state index is 0.0186. The van der Waals surface area contributed by atoms with Crippen molar-refractivity contribution in [3.8, 4) is 0 Å². The van der Waals surface area contributed by atoms with Crippen LogP contribution in [0.15, 0.2) is 84.9 Å². The van der Waals surface area contributed by atoms with Crippen molar-refractivity contribution in [1.82, 2.24) is 10.2 Å². The number of hydrogen-bond donors (Lipinski definition) is 3. The lowest BCUT2D eigenvalue weighted by Gasteiger charge is -2.34. The maximum atomic E-state index is 14.9. The zero-order valence-electron chi connectivity index (χ0n) is 34.8. The number of likely N-dealkylation sites (tertiary alicyclic amines) is 1. The summed E-state index contributed by atoms with van der Waals surface area (Å²) >= 11 is 0. The van der Waals surface area contributed by atoms with E-state index in [1.165, 1.54) is 23.1 Å². The molecule has 61 heavy (non-hydrogen) atoms. The first-order chi connectivity index (χ1) is 29.4. The van der Waals surface area contributed by atoms with Crippen molar-refractivity contribution in [2.24, 2.45) is 23.5 Å². The number of carbonyl (C=O) groups is 8. The molecule has 2 fully saturated rings. The molecule has 324 valence electrons. The molecule has 5 rings (SSSR count). The molecular formula is C48H57N3O10. The number of nitrogens with two attached hydrogens (primary N) is 1. The summed E-state index contributed by atoms with van der Waals surface area (Å²) in [4.78, 5) is 109. The van der Waals surface area contributed by atoms with Gasteiger partial charge in [-0.25, -0.2) is 4.79 Å². The summed E-state index contributed by atoms with van der Waals surface area (Å²) in [5.41, 5.74) is 6.77. The van der Waals surface area contributed by atoms with Crippen LogP contribution in [0.25, 0.3) is 0 Å². The molecule has 1 aliphatic carbocycles. The molecular weight excluding hydrogens is 779 g/mol. The van der Waals surface area contributed by atoms with Crippen molar-refractivity contribution < 1.29 is 48.2 Å². The van der Waals surface area contributed by atoms with Crippen molar-refractivity contribution in [3.05, 3.63) is 107 Å². The van der Waals surface area contributed by atoms with E-state index in [0.717, 1.165) is 24.8 Å². The van der Waals surface area contributed by atoms with Gasteiger partial charge in [0.1, 0.15) is 6.04 Å². The van der Waals surface area contributed by atoms with Gasteiger partial charge >= 0.3 is 5.97 Å². The lowest BCUT2D eigenvalue weighted by atomic mass is 9.76. The van der Waals surface area contributed by atoms with Crippen LogP contribution in [-0.2, 0) is 40.1 Å². The van der Waals surface area contributed by atoms with Crippen LogP contribution < -0.4 is 11.1 Å². The monoisotopic (exact) mass is 835 g/mol. The molecule has 0 aromatic heterocycles. The number of unbranched alkanes of at least 4 members (excludes halogenated alkanes) is 1. The Morgan fingerprint density at radius 1 is 0.820 bits per heavy atom. The standard InChI is InChI=1S/C48H57N3O10/c1-2-3-17-34(45(56)40(52)24-25-43(55)50-44(46(49)57)33-20-11-6-12-21-33)26-42(54)39-27-35(61-30-31-15-7-4-8-16-31)29-51(39)47(58)38(32-18-9-5-10-19-32)28-41(53)36-22-13-14-23-37(36)48(59)60/h4,6-8,11-16,20-23,32,34-35,38-39,44H,2-3,5,9-10,17-19,24-30H2,1H3,(H2,49,57)(H,50,55)(H,59,60)/t34?,35-,38?,39+,44?/m1/s1. The molecule has 1 saturated carbocycles. The number of benzene rings is 3. The number of ketones is 4. The number of Topliss-reactive ketones (excluding diaryl/α,β-unsaturated/α-hetero) is 4. The van der Waals surface area contributed by atoms with E-state index in [-0.39, 0.29) is 68.2 Å². The quantitative estimate of drug-likeness (QED) is 0.0711. The van der Waals surface area contributed by atoms with E-state index < -0.39 is 77.4 Å². The predicted octanol–water partition coefficient (Wildman–Crippen LogP) is 6.37.